The maximum atomic E-state index is 11.8. The highest BCUT2D eigenvalue weighted by Gasteiger charge is 2.26. The van der Waals surface area contributed by atoms with Crippen molar-refractivity contribution in [3.63, 3.8) is 0 Å². The molecule has 0 radical (unpaired) electrons. The van der Waals surface area contributed by atoms with E-state index < -0.39 is 0 Å². The minimum atomic E-state index is -0.236. The molecule has 0 aromatic heterocycles. The van der Waals surface area contributed by atoms with Crippen LogP contribution in [0.2, 0.25) is 0 Å². The third kappa shape index (κ3) is 1.67. The topological polar surface area (TPSA) is 12.5 Å². The van der Waals surface area contributed by atoms with Crippen LogP contribution in [0, 0.1) is 0 Å². The summed E-state index contributed by atoms with van der Waals surface area (Å²) in [6, 6.07) is 0.487. The predicted octanol–water partition coefficient (Wildman–Crippen LogP) is 0.677. The van der Waals surface area contributed by atoms with Crippen LogP contribution in [0.3, 0.4) is 0 Å². The lowest BCUT2D eigenvalue weighted by Crippen LogP contribution is -2.50. The summed E-state index contributed by atoms with van der Waals surface area (Å²) in [7, 11) is 1.69. The van der Waals surface area contributed by atoms with Crippen molar-refractivity contribution in [1.29, 1.82) is 0 Å². The number of halogens is 1. The Bertz CT molecular complexity index is 87.6. The monoisotopic (exact) mass is 147 g/mol. The van der Waals surface area contributed by atoms with E-state index in [-0.39, 0.29) is 6.67 Å². The fraction of sp³-hybridized carbons (Fsp3) is 1.00. The zero-order valence-corrected chi connectivity index (χ0v) is 6.35. The molecule has 0 spiro atoms. The maximum Gasteiger partial charge on any atom is 0.102 e. The van der Waals surface area contributed by atoms with Gasteiger partial charge in [-0.3, -0.25) is 4.90 Å². The van der Waals surface area contributed by atoms with E-state index in [2.05, 4.69) is 4.90 Å². The molecule has 1 rings (SSSR count). The molecule has 0 aromatic carbocycles. The first-order valence-corrected chi connectivity index (χ1v) is 3.67. The summed E-state index contributed by atoms with van der Waals surface area (Å²) in [6.45, 7) is 2.13. The van der Waals surface area contributed by atoms with Crippen molar-refractivity contribution in [2.24, 2.45) is 0 Å². The average Bonchev–Trinajstić information content (AvgIpc) is 1.93. The number of alkyl halides is 1. The van der Waals surface area contributed by atoms with Crippen molar-refractivity contribution >= 4 is 0 Å². The molecule has 1 saturated heterocycles. The number of nitrogens with zero attached hydrogens (tertiary/aromatic N) is 1. The molecule has 10 heavy (non-hydrogen) atoms. The van der Waals surface area contributed by atoms with Gasteiger partial charge in [-0.2, -0.15) is 0 Å². The van der Waals surface area contributed by atoms with Gasteiger partial charge in [0.1, 0.15) is 6.67 Å². The third-order valence-corrected chi connectivity index (χ3v) is 2.00. The van der Waals surface area contributed by atoms with E-state index in [0.29, 0.717) is 12.6 Å². The van der Waals surface area contributed by atoms with Gasteiger partial charge in [-0.25, -0.2) is 4.39 Å². The molecule has 1 heterocycles. The van der Waals surface area contributed by atoms with Gasteiger partial charge in [-0.15, -0.1) is 0 Å². The van der Waals surface area contributed by atoms with E-state index in [1.807, 2.05) is 0 Å². The van der Waals surface area contributed by atoms with Gasteiger partial charge in [0, 0.05) is 26.2 Å². The van der Waals surface area contributed by atoms with Crippen LogP contribution >= 0.6 is 0 Å². The summed E-state index contributed by atoms with van der Waals surface area (Å²) >= 11 is 0. The highest BCUT2D eigenvalue weighted by molar-refractivity contribution is 4.81. The van der Waals surface area contributed by atoms with E-state index in [1.165, 1.54) is 0 Å². The number of hydrogen-bond donors (Lipinski definition) is 0. The molecular formula is C7H14FNO. The van der Waals surface area contributed by atoms with Crippen LogP contribution in [-0.2, 0) is 4.74 Å². The Hall–Kier alpha value is -0.150. The summed E-state index contributed by atoms with van der Waals surface area (Å²) in [5.41, 5.74) is 0. The Kier molecular flexibility index (Phi) is 3.09. The molecule has 1 fully saturated rings. The third-order valence-electron chi connectivity index (χ3n) is 2.00. The number of rotatable bonds is 4. The minimum Gasteiger partial charge on any atom is -0.383 e. The first kappa shape index (κ1) is 7.95. The number of methoxy groups -OCH3 is 1. The molecule has 0 aromatic rings. The second-order valence-electron chi connectivity index (χ2n) is 2.62. The van der Waals surface area contributed by atoms with Gasteiger partial charge in [0.2, 0.25) is 0 Å². The first-order valence-electron chi connectivity index (χ1n) is 3.67. The summed E-state index contributed by atoms with van der Waals surface area (Å²) in [5.74, 6) is 0. The number of hydrogen-bond acceptors (Lipinski definition) is 2. The molecular weight excluding hydrogens is 133 g/mol. The van der Waals surface area contributed by atoms with Gasteiger partial charge >= 0.3 is 0 Å². The van der Waals surface area contributed by atoms with Gasteiger partial charge in [0.05, 0.1) is 6.61 Å². The van der Waals surface area contributed by atoms with Crippen LogP contribution in [0.1, 0.15) is 6.42 Å². The number of ether oxygens (including phenoxy) is 1. The Balaban J connectivity index is 2.09. The molecule has 3 heteroatoms. The fourth-order valence-electron chi connectivity index (χ4n) is 1.28. The average molecular weight is 147 g/mol. The van der Waals surface area contributed by atoms with Crippen molar-refractivity contribution in [3.8, 4) is 0 Å². The summed E-state index contributed by atoms with van der Waals surface area (Å²) in [6.07, 6.45) is 1.16. The van der Waals surface area contributed by atoms with Crippen LogP contribution in [0.15, 0.2) is 0 Å². The summed E-state index contributed by atoms with van der Waals surface area (Å²) < 4.78 is 16.8. The highest BCUT2D eigenvalue weighted by Crippen LogP contribution is 2.16. The molecule has 1 aliphatic rings. The Morgan fingerprint density at radius 3 is 2.90 bits per heavy atom. The van der Waals surface area contributed by atoms with Gasteiger partial charge in [-0.05, 0) is 6.42 Å². The lowest BCUT2D eigenvalue weighted by atomic mass is 10.1. The Morgan fingerprint density at radius 2 is 2.50 bits per heavy atom. The molecule has 0 saturated carbocycles. The molecule has 1 atom stereocenters. The van der Waals surface area contributed by atoms with E-state index in [4.69, 9.17) is 4.74 Å². The van der Waals surface area contributed by atoms with Crippen LogP contribution in [0.5, 0.6) is 0 Å². The first-order chi connectivity index (χ1) is 4.88. The molecule has 0 amide bonds. The van der Waals surface area contributed by atoms with Crippen LogP contribution in [0.25, 0.3) is 0 Å². The van der Waals surface area contributed by atoms with Crippen molar-refractivity contribution in [2.75, 3.05) is 33.5 Å². The van der Waals surface area contributed by atoms with Gasteiger partial charge in [0.15, 0.2) is 0 Å². The Morgan fingerprint density at radius 1 is 1.70 bits per heavy atom. The van der Waals surface area contributed by atoms with Gasteiger partial charge in [-0.1, -0.05) is 0 Å². The largest absolute Gasteiger partial charge is 0.383 e. The smallest absolute Gasteiger partial charge is 0.102 e. The molecule has 0 N–H and O–H groups in total. The molecule has 2 nitrogen and oxygen atoms in total. The molecule has 0 aliphatic carbocycles. The van der Waals surface area contributed by atoms with Crippen molar-refractivity contribution in [2.45, 2.75) is 12.5 Å². The second-order valence-corrected chi connectivity index (χ2v) is 2.62. The number of likely N-dealkylation sites (tertiary alicyclic amines) is 1. The molecule has 1 aliphatic heterocycles. The standard InChI is InChI=1S/C7H14FNO/c1-10-6-7-2-4-9(7)5-3-8/h7H,2-6H2,1H3/t7-/m0/s1. The lowest BCUT2D eigenvalue weighted by Gasteiger charge is -2.39. The van der Waals surface area contributed by atoms with Gasteiger partial charge in [0.25, 0.3) is 0 Å². The molecule has 0 unspecified atom stereocenters. The predicted molar refractivity (Wildman–Crippen MR) is 37.8 cm³/mol. The second kappa shape index (κ2) is 3.88. The van der Waals surface area contributed by atoms with Crippen molar-refractivity contribution in [1.82, 2.24) is 4.90 Å². The maximum absolute atomic E-state index is 11.8. The van der Waals surface area contributed by atoms with Crippen LogP contribution in [0.4, 0.5) is 4.39 Å². The van der Waals surface area contributed by atoms with Crippen LogP contribution in [-0.4, -0.2) is 44.4 Å². The quantitative estimate of drug-likeness (QED) is 0.579. The normalized spacial score (nSPS) is 26.4. The molecule has 60 valence electrons. The fourth-order valence-corrected chi connectivity index (χ4v) is 1.28. The Labute approximate surface area is 61.0 Å². The summed E-state index contributed by atoms with van der Waals surface area (Å²) in [4.78, 5) is 2.11. The van der Waals surface area contributed by atoms with E-state index in [0.717, 1.165) is 19.6 Å². The zero-order chi connectivity index (χ0) is 7.40. The van der Waals surface area contributed by atoms with E-state index >= 15 is 0 Å². The zero-order valence-electron chi connectivity index (χ0n) is 6.35. The van der Waals surface area contributed by atoms with Gasteiger partial charge < -0.3 is 4.74 Å². The van der Waals surface area contributed by atoms with E-state index in [1.54, 1.807) is 7.11 Å². The van der Waals surface area contributed by atoms with Crippen molar-refractivity contribution < 1.29 is 9.13 Å². The summed E-state index contributed by atoms with van der Waals surface area (Å²) in [5, 5.41) is 0. The SMILES string of the molecule is COC[C@@H]1CCN1CCF. The van der Waals surface area contributed by atoms with Crippen molar-refractivity contribution in [3.05, 3.63) is 0 Å². The van der Waals surface area contributed by atoms with Crippen LogP contribution < -0.4 is 0 Å². The van der Waals surface area contributed by atoms with E-state index in [9.17, 15) is 4.39 Å². The minimum absolute atomic E-state index is 0.236. The lowest BCUT2D eigenvalue weighted by molar-refractivity contribution is 0.0202. The highest BCUT2D eigenvalue weighted by atomic mass is 19.1. The molecule has 0 bridgehead atoms.